The second kappa shape index (κ2) is 6.35. The van der Waals surface area contributed by atoms with Crippen LogP contribution in [0.4, 0.5) is 0 Å². The molecule has 0 bridgehead atoms. The van der Waals surface area contributed by atoms with E-state index in [1.165, 1.54) is 13.2 Å². The number of aromatic nitrogens is 1. The Labute approximate surface area is 121 Å². The first-order valence-electron chi connectivity index (χ1n) is 6.14. The van der Waals surface area contributed by atoms with Crippen LogP contribution in [0.2, 0.25) is 0 Å². The first-order valence-corrected chi connectivity index (χ1v) is 6.14. The van der Waals surface area contributed by atoms with E-state index in [4.69, 9.17) is 5.26 Å². The summed E-state index contributed by atoms with van der Waals surface area (Å²) in [6.45, 7) is 0. The van der Waals surface area contributed by atoms with Gasteiger partial charge in [0.1, 0.15) is 11.6 Å². The van der Waals surface area contributed by atoms with E-state index in [1.807, 2.05) is 30.3 Å². The average Bonchev–Trinajstić information content (AvgIpc) is 2.52. The van der Waals surface area contributed by atoms with Crippen molar-refractivity contribution in [2.75, 3.05) is 7.11 Å². The van der Waals surface area contributed by atoms with Crippen LogP contribution in [0.1, 0.15) is 27.2 Å². The Balaban J connectivity index is 2.45. The van der Waals surface area contributed by atoms with Gasteiger partial charge in [0.2, 0.25) is 0 Å². The molecule has 5 heteroatoms. The van der Waals surface area contributed by atoms with Gasteiger partial charge in [-0.2, -0.15) is 5.26 Å². The maximum Gasteiger partial charge on any atom is 0.339 e. The van der Waals surface area contributed by atoms with Crippen molar-refractivity contribution in [3.05, 3.63) is 69.1 Å². The third kappa shape index (κ3) is 3.25. The SMILES string of the molecule is COC(=O)c1cc(C=Cc2ccccc2)[nH]c(=O)c1C#N. The van der Waals surface area contributed by atoms with Crippen LogP contribution >= 0.6 is 0 Å². The number of nitrogens with zero attached hydrogens (tertiary/aromatic N) is 1. The molecule has 21 heavy (non-hydrogen) atoms. The number of esters is 1. The van der Waals surface area contributed by atoms with Crippen LogP contribution in [0.5, 0.6) is 0 Å². The van der Waals surface area contributed by atoms with Crippen molar-refractivity contribution in [3.8, 4) is 6.07 Å². The van der Waals surface area contributed by atoms with E-state index in [0.29, 0.717) is 5.69 Å². The van der Waals surface area contributed by atoms with Gasteiger partial charge in [0.25, 0.3) is 5.56 Å². The van der Waals surface area contributed by atoms with E-state index in [0.717, 1.165) is 5.56 Å². The van der Waals surface area contributed by atoms with Crippen molar-refractivity contribution in [3.63, 3.8) is 0 Å². The smallest absolute Gasteiger partial charge is 0.339 e. The Bertz CT molecular complexity index is 783. The lowest BCUT2D eigenvalue weighted by molar-refractivity contribution is 0.0600. The number of hydrogen-bond acceptors (Lipinski definition) is 4. The molecule has 0 radical (unpaired) electrons. The number of H-pyrrole nitrogens is 1. The van der Waals surface area contributed by atoms with Crippen LogP contribution in [0.15, 0.2) is 41.2 Å². The molecule has 1 N–H and O–H groups in total. The van der Waals surface area contributed by atoms with Crippen LogP contribution in [-0.4, -0.2) is 18.1 Å². The van der Waals surface area contributed by atoms with Crippen molar-refractivity contribution < 1.29 is 9.53 Å². The highest BCUT2D eigenvalue weighted by Crippen LogP contribution is 2.10. The lowest BCUT2D eigenvalue weighted by atomic mass is 10.1. The quantitative estimate of drug-likeness (QED) is 0.874. The molecule has 0 aliphatic heterocycles. The lowest BCUT2D eigenvalue weighted by Gasteiger charge is -2.03. The summed E-state index contributed by atoms with van der Waals surface area (Å²) in [7, 11) is 1.20. The van der Waals surface area contributed by atoms with Crippen LogP contribution in [-0.2, 0) is 4.74 Å². The molecular weight excluding hydrogens is 268 g/mol. The molecule has 5 nitrogen and oxygen atoms in total. The fourth-order valence-electron chi connectivity index (χ4n) is 1.80. The molecule has 104 valence electrons. The van der Waals surface area contributed by atoms with Crippen molar-refractivity contribution in [2.45, 2.75) is 0 Å². The predicted molar refractivity (Wildman–Crippen MR) is 78.5 cm³/mol. The van der Waals surface area contributed by atoms with E-state index in [-0.39, 0.29) is 11.1 Å². The molecule has 0 spiro atoms. The highest BCUT2D eigenvalue weighted by Gasteiger charge is 2.15. The van der Waals surface area contributed by atoms with Gasteiger partial charge in [-0.3, -0.25) is 4.79 Å². The van der Waals surface area contributed by atoms with Gasteiger partial charge in [-0.05, 0) is 17.7 Å². The normalized spacial score (nSPS) is 10.3. The Hall–Kier alpha value is -3.13. The second-order valence-electron chi connectivity index (χ2n) is 4.19. The Kier molecular flexibility index (Phi) is 4.32. The summed E-state index contributed by atoms with van der Waals surface area (Å²) in [4.78, 5) is 26.0. The topological polar surface area (TPSA) is 83.0 Å². The number of carbonyl (C=O) groups excluding carboxylic acids is 1. The van der Waals surface area contributed by atoms with Crippen LogP contribution in [0, 0.1) is 11.3 Å². The summed E-state index contributed by atoms with van der Waals surface area (Å²) in [6.07, 6.45) is 3.45. The summed E-state index contributed by atoms with van der Waals surface area (Å²) in [5.41, 5.74) is 0.453. The van der Waals surface area contributed by atoms with Gasteiger partial charge in [0, 0.05) is 5.69 Å². The number of carbonyl (C=O) groups is 1. The van der Waals surface area contributed by atoms with E-state index in [2.05, 4.69) is 9.72 Å². The minimum atomic E-state index is -0.716. The molecule has 0 aliphatic rings. The summed E-state index contributed by atoms with van der Waals surface area (Å²) >= 11 is 0. The fourth-order valence-corrected chi connectivity index (χ4v) is 1.80. The van der Waals surface area contributed by atoms with Crippen molar-refractivity contribution >= 4 is 18.1 Å². The second-order valence-corrected chi connectivity index (χ2v) is 4.19. The highest BCUT2D eigenvalue weighted by atomic mass is 16.5. The van der Waals surface area contributed by atoms with E-state index < -0.39 is 11.5 Å². The van der Waals surface area contributed by atoms with Crippen LogP contribution in [0.25, 0.3) is 12.2 Å². The van der Waals surface area contributed by atoms with Gasteiger partial charge < -0.3 is 9.72 Å². The summed E-state index contributed by atoms with van der Waals surface area (Å²) in [5.74, 6) is -0.716. The monoisotopic (exact) mass is 280 g/mol. The first kappa shape index (κ1) is 14.3. The Morgan fingerprint density at radius 2 is 2.00 bits per heavy atom. The van der Waals surface area contributed by atoms with Gasteiger partial charge in [0.05, 0.1) is 12.7 Å². The minimum Gasteiger partial charge on any atom is -0.465 e. The number of hydrogen-bond donors (Lipinski definition) is 1. The molecule has 0 saturated heterocycles. The summed E-state index contributed by atoms with van der Waals surface area (Å²) < 4.78 is 4.58. The number of aromatic amines is 1. The molecule has 0 fully saturated rings. The van der Waals surface area contributed by atoms with Gasteiger partial charge in [-0.1, -0.05) is 36.4 Å². The fraction of sp³-hybridized carbons (Fsp3) is 0.0625. The molecule has 0 saturated carbocycles. The molecule has 1 aromatic heterocycles. The number of rotatable bonds is 3. The number of benzene rings is 1. The molecule has 0 aliphatic carbocycles. The van der Waals surface area contributed by atoms with Gasteiger partial charge >= 0.3 is 5.97 Å². The van der Waals surface area contributed by atoms with Gasteiger partial charge in [0.15, 0.2) is 0 Å². The average molecular weight is 280 g/mol. The Morgan fingerprint density at radius 3 is 2.62 bits per heavy atom. The Morgan fingerprint density at radius 1 is 1.29 bits per heavy atom. The first-order chi connectivity index (χ1) is 10.2. The molecule has 0 atom stereocenters. The minimum absolute atomic E-state index is 0.0449. The summed E-state index contributed by atoms with van der Waals surface area (Å²) in [5, 5.41) is 8.95. The molecule has 2 aromatic rings. The van der Waals surface area contributed by atoms with Crippen molar-refractivity contribution in [2.24, 2.45) is 0 Å². The molecule has 0 amide bonds. The largest absolute Gasteiger partial charge is 0.465 e. The number of methoxy groups -OCH3 is 1. The summed E-state index contributed by atoms with van der Waals surface area (Å²) in [6, 6.07) is 12.6. The van der Waals surface area contributed by atoms with E-state index >= 15 is 0 Å². The van der Waals surface area contributed by atoms with Gasteiger partial charge in [-0.15, -0.1) is 0 Å². The maximum atomic E-state index is 11.8. The van der Waals surface area contributed by atoms with Crippen molar-refractivity contribution in [1.29, 1.82) is 5.26 Å². The molecule has 1 aromatic carbocycles. The molecular formula is C16H12N2O3. The predicted octanol–water partition coefficient (Wildman–Crippen LogP) is 2.20. The van der Waals surface area contributed by atoms with E-state index in [1.54, 1.807) is 18.2 Å². The lowest BCUT2D eigenvalue weighted by Crippen LogP contribution is -2.18. The number of nitrogens with one attached hydrogen (secondary N) is 1. The highest BCUT2D eigenvalue weighted by molar-refractivity contribution is 5.92. The van der Waals surface area contributed by atoms with E-state index in [9.17, 15) is 9.59 Å². The van der Waals surface area contributed by atoms with Crippen LogP contribution < -0.4 is 5.56 Å². The molecule has 1 heterocycles. The van der Waals surface area contributed by atoms with Gasteiger partial charge in [-0.25, -0.2) is 4.79 Å². The molecule has 0 unspecified atom stereocenters. The zero-order chi connectivity index (χ0) is 15.2. The number of ether oxygens (including phenoxy) is 1. The maximum absolute atomic E-state index is 11.8. The number of pyridine rings is 1. The van der Waals surface area contributed by atoms with Crippen molar-refractivity contribution in [1.82, 2.24) is 4.98 Å². The number of nitriles is 1. The zero-order valence-corrected chi connectivity index (χ0v) is 11.3. The zero-order valence-electron chi connectivity index (χ0n) is 11.3. The molecule has 2 rings (SSSR count). The van der Waals surface area contributed by atoms with Crippen LogP contribution in [0.3, 0.4) is 0 Å². The third-order valence-corrected chi connectivity index (χ3v) is 2.83. The third-order valence-electron chi connectivity index (χ3n) is 2.83. The standard InChI is InChI=1S/C16H12N2O3/c1-21-16(20)13-9-12(18-15(19)14(13)10-17)8-7-11-5-3-2-4-6-11/h2-9H,1H3,(H,18,19).